The fraction of sp³-hybridized carbons (Fsp3) is 0.240. The van der Waals surface area contributed by atoms with Crippen LogP contribution in [0.1, 0.15) is 52.5 Å². The zero-order chi connectivity index (χ0) is 22.2. The number of rotatable bonds is 5. The largest absolute Gasteiger partial charge is 0.464 e. The van der Waals surface area contributed by atoms with Crippen molar-refractivity contribution in [2.24, 2.45) is 0 Å². The third-order valence-electron chi connectivity index (χ3n) is 5.95. The molecule has 7 nitrogen and oxygen atoms in total. The molecule has 2 N–H and O–H groups in total. The second kappa shape index (κ2) is 8.00. The van der Waals surface area contributed by atoms with E-state index in [1.54, 1.807) is 11.0 Å². The molecule has 32 heavy (non-hydrogen) atoms. The van der Waals surface area contributed by atoms with E-state index in [1.807, 2.05) is 48.5 Å². The van der Waals surface area contributed by atoms with Gasteiger partial charge in [-0.3, -0.25) is 4.79 Å². The molecule has 2 aromatic carbocycles. The van der Waals surface area contributed by atoms with E-state index in [4.69, 9.17) is 9.72 Å². The van der Waals surface area contributed by atoms with E-state index in [9.17, 15) is 9.59 Å². The van der Waals surface area contributed by atoms with Crippen LogP contribution in [0.15, 0.2) is 54.6 Å². The van der Waals surface area contributed by atoms with Gasteiger partial charge in [-0.2, -0.15) is 0 Å². The topological polar surface area (TPSA) is 87.3 Å². The number of ether oxygens (including phenoxy) is 1. The highest BCUT2D eigenvalue weighted by Gasteiger charge is 2.35. The van der Waals surface area contributed by atoms with Gasteiger partial charge in [0.15, 0.2) is 0 Å². The first-order chi connectivity index (χ1) is 15.6. The summed E-state index contributed by atoms with van der Waals surface area (Å²) in [6.45, 7) is 2.67. The third-order valence-corrected chi connectivity index (χ3v) is 5.95. The summed E-state index contributed by atoms with van der Waals surface area (Å²) in [5.74, 6) is -0.562. The van der Waals surface area contributed by atoms with Crippen molar-refractivity contribution in [3.05, 3.63) is 71.5 Å². The van der Waals surface area contributed by atoms with Crippen LogP contribution in [0.4, 0.5) is 5.69 Å². The van der Waals surface area contributed by atoms with Crippen LogP contribution in [0.25, 0.3) is 21.8 Å². The number of anilines is 1. The van der Waals surface area contributed by atoms with Gasteiger partial charge in [0, 0.05) is 28.5 Å². The lowest BCUT2D eigenvalue weighted by molar-refractivity contribution is 0.0593. The lowest BCUT2D eigenvalue weighted by Crippen LogP contribution is -2.44. The number of carbonyl (C=O) groups excluding carboxylic acids is 2. The predicted octanol–water partition coefficient (Wildman–Crippen LogP) is 4.87. The fourth-order valence-corrected chi connectivity index (χ4v) is 4.34. The predicted molar refractivity (Wildman–Crippen MR) is 124 cm³/mol. The molecule has 1 amide bonds. The highest BCUT2D eigenvalue weighted by Crippen LogP contribution is 2.37. The SMILES string of the molecule is CCCCN1C(=O)c2ccccc2NC1c1nc(C(=O)OC)cc2c1[nH]c1ccccc12. The molecule has 1 atom stereocenters. The van der Waals surface area contributed by atoms with E-state index >= 15 is 0 Å². The Bertz CT molecular complexity index is 1340. The Kier molecular flexibility index (Phi) is 5.01. The number of pyridine rings is 1. The van der Waals surface area contributed by atoms with Crippen molar-refractivity contribution in [2.45, 2.75) is 25.9 Å². The number of para-hydroxylation sites is 2. The second-order valence-corrected chi connectivity index (χ2v) is 7.92. The smallest absolute Gasteiger partial charge is 0.356 e. The number of benzene rings is 2. The minimum absolute atomic E-state index is 0.0488. The number of unbranched alkanes of at least 4 members (excludes halogenated alkanes) is 1. The maximum atomic E-state index is 13.4. The van der Waals surface area contributed by atoms with Crippen molar-refractivity contribution in [1.82, 2.24) is 14.9 Å². The summed E-state index contributed by atoms with van der Waals surface area (Å²) >= 11 is 0. The average Bonchev–Trinajstić information content (AvgIpc) is 3.21. The van der Waals surface area contributed by atoms with Crippen LogP contribution in [0.5, 0.6) is 0 Å². The summed E-state index contributed by atoms with van der Waals surface area (Å²) in [4.78, 5) is 35.9. The Morgan fingerprint density at radius 3 is 2.72 bits per heavy atom. The Hall–Kier alpha value is -3.87. The van der Waals surface area contributed by atoms with E-state index in [-0.39, 0.29) is 11.6 Å². The quantitative estimate of drug-likeness (QED) is 0.443. The first-order valence-corrected chi connectivity index (χ1v) is 10.8. The second-order valence-electron chi connectivity index (χ2n) is 7.92. The van der Waals surface area contributed by atoms with E-state index in [2.05, 4.69) is 17.2 Å². The van der Waals surface area contributed by atoms with Gasteiger partial charge >= 0.3 is 5.97 Å². The van der Waals surface area contributed by atoms with E-state index in [1.165, 1.54) is 7.11 Å². The standard InChI is InChI=1S/C25H24N4O3/c1-3-4-13-29-23(28-19-12-8-6-10-16(19)24(29)30)22-21-17(14-20(27-22)25(31)32-2)15-9-5-7-11-18(15)26-21/h5-12,14,23,26,28H,3-4,13H2,1-2H3. The number of hydrogen-bond acceptors (Lipinski definition) is 5. The van der Waals surface area contributed by atoms with Gasteiger partial charge in [-0.1, -0.05) is 43.7 Å². The van der Waals surface area contributed by atoms with E-state index in [0.717, 1.165) is 40.3 Å². The molecule has 0 radical (unpaired) electrons. The van der Waals surface area contributed by atoms with Crippen LogP contribution < -0.4 is 5.32 Å². The first kappa shape index (κ1) is 20.1. The molecule has 0 saturated heterocycles. The molecular weight excluding hydrogens is 404 g/mol. The zero-order valence-electron chi connectivity index (χ0n) is 18.0. The summed E-state index contributed by atoms with van der Waals surface area (Å²) in [5.41, 5.74) is 3.93. The average molecular weight is 428 g/mol. The Morgan fingerprint density at radius 1 is 1.12 bits per heavy atom. The van der Waals surface area contributed by atoms with Gasteiger partial charge in [-0.05, 0) is 30.7 Å². The van der Waals surface area contributed by atoms with Crippen molar-refractivity contribution in [3.63, 3.8) is 0 Å². The highest BCUT2D eigenvalue weighted by atomic mass is 16.5. The fourth-order valence-electron chi connectivity index (χ4n) is 4.34. The minimum atomic E-state index is -0.524. The van der Waals surface area contributed by atoms with Gasteiger partial charge in [0.2, 0.25) is 0 Å². The van der Waals surface area contributed by atoms with Crippen molar-refractivity contribution < 1.29 is 14.3 Å². The van der Waals surface area contributed by atoms with Gasteiger partial charge in [-0.25, -0.2) is 9.78 Å². The number of hydrogen-bond donors (Lipinski definition) is 2. The van der Waals surface area contributed by atoms with Gasteiger partial charge in [-0.15, -0.1) is 0 Å². The van der Waals surface area contributed by atoms with Crippen LogP contribution in [0, 0.1) is 0 Å². The summed E-state index contributed by atoms with van der Waals surface area (Å²) in [5, 5.41) is 5.35. The van der Waals surface area contributed by atoms with Crippen molar-refractivity contribution in [2.75, 3.05) is 19.0 Å². The number of esters is 1. The number of carbonyl (C=O) groups is 2. The molecule has 1 aliphatic heterocycles. The molecule has 0 saturated carbocycles. The Balaban J connectivity index is 1.76. The maximum absolute atomic E-state index is 13.4. The molecule has 4 aromatic rings. The zero-order valence-corrected chi connectivity index (χ0v) is 18.0. The molecule has 7 heteroatoms. The number of aromatic amines is 1. The molecular formula is C25H24N4O3. The summed E-state index contributed by atoms with van der Waals surface area (Å²) in [6, 6.07) is 17.1. The molecule has 162 valence electrons. The van der Waals surface area contributed by atoms with Crippen LogP contribution >= 0.6 is 0 Å². The molecule has 0 bridgehead atoms. The molecule has 0 aliphatic carbocycles. The molecule has 5 rings (SSSR count). The lowest BCUT2D eigenvalue weighted by atomic mass is 10.0. The molecule has 0 fully saturated rings. The Morgan fingerprint density at radius 2 is 1.91 bits per heavy atom. The molecule has 3 heterocycles. The summed E-state index contributed by atoms with van der Waals surface area (Å²) in [7, 11) is 1.34. The van der Waals surface area contributed by atoms with Gasteiger partial charge in [0.1, 0.15) is 17.6 Å². The number of fused-ring (bicyclic) bond motifs is 4. The van der Waals surface area contributed by atoms with Crippen LogP contribution in [0.3, 0.4) is 0 Å². The third kappa shape index (κ3) is 3.17. The van der Waals surface area contributed by atoms with Gasteiger partial charge in [0.25, 0.3) is 5.91 Å². The summed E-state index contributed by atoms with van der Waals surface area (Å²) in [6.07, 6.45) is 1.29. The molecule has 0 spiro atoms. The van der Waals surface area contributed by atoms with Gasteiger partial charge < -0.3 is 19.9 Å². The molecule has 1 unspecified atom stereocenters. The molecule has 1 aliphatic rings. The van der Waals surface area contributed by atoms with Crippen LogP contribution in [-0.4, -0.2) is 40.4 Å². The molecule has 2 aromatic heterocycles. The Labute approximate surface area is 185 Å². The maximum Gasteiger partial charge on any atom is 0.356 e. The summed E-state index contributed by atoms with van der Waals surface area (Å²) < 4.78 is 4.97. The monoisotopic (exact) mass is 428 g/mol. The normalized spacial score (nSPS) is 15.6. The lowest BCUT2D eigenvalue weighted by Gasteiger charge is -2.37. The van der Waals surface area contributed by atoms with E-state index in [0.29, 0.717) is 17.8 Å². The number of methoxy groups -OCH3 is 1. The highest BCUT2D eigenvalue weighted by molar-refractivity contribution is 6.10. The number of aromatic nitrogens is 2. The number of nitrogens with one attached hydrogen (secondary N) is 2. The first-order valence-electron chi connectivity index (χ1n) is 10.8. The number of amides is 1. The van der Waals surface area contributed by atoms with Crippen LogP contribution in [0.2, 0.25) is 0 Å². The van der Waals surface area contributed by atoms with E-state index < -0.39 is 12.1 Å². The van der Waals surface area contributed by atoms with Gasteiger partial charge in [0.05, 0.1) is 18.2 Å². The number of H-pyrrole nitrogens is 1. The van der Waals surface area contributed by atoms with Crippen molar-refractivity contribution in [1.29, 1.82) is 0 Å². The van der Waals surface area contributed by atoms with Crippen molar-refractivity contribution in [3.8, 4) is 0 Å². The minimum Gasteiger partial charge on any atom is -0.464 e. The van der Waals surface area contributed by atoms with Crippen LogP contribution in [-0.2, 0) is 4.74 Å². The number of nitrogens with zero attached hydrogens (tertiary/aromatic N) is 2. The van der Waals surface area contributed by atoms with Crippen molar-refractivity contribution >= 4 is 39.4 Å².